The molecule has 5 rings (SSSR count). The van der Waals surface area contributed by atoms with Gasteiger partial charge in [0.2, 0.25) is 0 Å². The number of carbonyl (C=O) groups is 2. The van der Waals surface area contributed by atoms with Crippen molar-refractivity contribution in [3.63, 3.8) is 0 Å². The van der Waals surface area contributed by atoms with E-state index in [9.17, 15) is 14.9 Å². The Balaban J connectivity index is 1.71. The van der Waals surface area contributed by atoms with Gasteiger partial charge in [-0.2, -0.15) is 5.26 Å². The van der Waals surface area contributed by atoms with E-state index in [2.05, 4.69) is 6.07 Å². The molecule has 7 nitrogen and oxygen atoms in total. The highest BCUT2D eigenvalue weighted by Gasteiger charge is 2.42. The van der Waals surface area contributed by atoms with Gasteiger partial charge in [0.15, 0.2) is 5.78 Å². The molecule has 1 atom stereocenters. The van der Waals surface area contributed by atoms with Crippen molar-refractivity contribution in [3.05, 3.63) is 68.5 Å². The molecule has 1 aromatic carbocycles. The molecule has 0 radical (unpaired) electrons. The average molecular weight is 532 g/mol. The van der Waals surface area contributed by atoms with Gasteiger partial charge in [0.1, 0.15) is 16.6 Å². The van der Waals surface area contributed by atoms with Crippen LogP contribution in [-0.4, -0.2) is 25.0 Å². The van der Waals surface area contributed by atoms with E-state index in [0.717, 1.165) is 54.7 Å². The van der Waals surface area contributed by atoms with Gasteiger partial charge in [0.25, 0.3) is 0 Å². The zero-order chi connectivity index (χ0) is 26.8. The first-order valence-electron chi connectivity index (χ1n) is 13.5. The summed E-state index contributed by atoms with van der Waals surface area (Å²) in [5.41, 5.74) is 10.9. The van der Waals surface area contributed by atoms with Crippen molar-refractivity contribution in [2.24, 2.45) is 5.73 Å². The van der Waals surface area contributed by atoms with E-state index in [-0.39, 0.29) is 24.2 Å². The number of fused-ring (bicyclic) bond motifs is 1. The minimum absolute atomic E-state index is 0.0196. The first-order valence-corrected chi connectivity index (χ1v) is 14.3. The molecule has 38 heavy (non-hydrogen) atoms. The second-order valence-electron chi connectivity index (χ2n) is 9.78. The minimum atomic E-state index is -0.557. The smallest absolute Gasteiger partial charge is 0.341 e. The zero-order valence-corrected chi connectivity index (χ0v) is 22.8. The van der Waals surface area contributed by atoms with Crippen LogP contribution in [0.25, 0.3) is 0 Å². The van der Waals surface area contributed by atoms with Gasteiger partial charge < -0.3 is 15.2 Å². The first-order chi connectivity index (χ1) is 18.5. The number of nitrogens with two attached hydrogens (primary N) is 1. The number of ether oxygens (including phenoxy) is 2. The molecule has 0 amide bonds. The Hall–Kier alpha value is -3.57. The van der Waals surface area contributed by atoms with Crippen molar-refractivity contribution in [2.45, 2.75) is 71.1 Å². The number of ketones is 1. The van der Waals surface area contributed by atoms with E-state index in [1.54, 1.807) is 18.3 Å². The maximum atomic E-state index is 13.5. The largest absolute Gasteiger partial charge is 0.494 e. The molecule has 3 aliphatic rings. The number of nitrogens with zero attached hydrogens (tertiary/aromatic N) is 2. The van der Waals surface area contributed by atoms with Gasteiger partial charge in [0, 0.05) is 22.6 Å². The van der Waals surface area contributed by atoms with E-state index in [1.807, 2.05) is 36.1 Å². The monoisotopic (exact) mass is 531 g/mol. The maximum Gasteiger partial charge on any atom is 0.341 e. The number of thiophene rings is 1. The highest BCUT2D eigenvalue weighted by Crippen LogP contribution is 2.50. The Bertz CT molecular complexity index is 1360. The van der Waals surface area contributed by atoms with E-state index in [4.69, 9.17) is 15.2 Å². The molecule has 8 heteroatoms. The van der Waals surface area contributed by atoms with Crippen LogP contribution in [0.1, 0.15) is 84.7 Å². The SMILES string of the molecule is CCOC(=O)c1c(N2C(N)=C(C#N)[C@H](c3ccc(OCC)cc3)C3=C2CCCC3=O)sc2c1CCCCC2. The number of carbonyl (C=O) groups excluding carboxylic acids is 2. The van der Waals surface area contributed by atoms with E-state index in [0.29, 0.717) is 47.6 Å². The summed E-state index contributed by atoms with van der Waals surface area (Å²) in [6.07, 6.45) is 6.66. The number of allylic oxidation sites excluding steroid dienone is 3. The fourth-order valence-corrected chi connectivity index (χ4v) is 7.29. The van der Waals surface area contributed by atoms with Crippen molar-refractivity contribution < 1.29 is 19.1 Å². The Morgan fingerprint density at radius 3 is 2.55 bits per heavy atom. The quantitative estimate of drug-likeness (QED) is 0.366. The molecular weight excluding hydrogens is 498 g/mol. The third kappa shape index (κ3) is 4.49. The lowest BCUT2D eigenvalue weighted by Gasteiger charge is -2.39. The number of benzene rings is 1. The van der Waals surface area contributed by atoms with Crippen LogP contribution < -0.4 is 15.4 Å². The predicted octanol–water partition coefficient (Wildman–Crippen LogP) is 5.90. The summed E-state index contributed by atoms with van der Waals surface area (Å²) in [6, 6.07) is 9.85. The summed E-state index contributed by atoms with van der Waals surface area (Å²) in [4.78, 5) is 29.9. The second kappa shape index (κ2) is 11.0. The highest BCUT2D eigenvalue weighted by molar-refractivity contribution is 7.16. The third-order valence-electron chi connectivity index (χ3n) is 7.52. The van der Waals surface area contributed by atoms with Gasteiger partial charge in [-0.25, -0.2) is 4.79 Å². The number of hydrogen-bond donors (Lipinski definition) is 1. The van der Waals surface area contributed by atoms with Gasteiger partial charge in [-0.15, -0.1) is 11.3 Å². The van der Waals surface area contributed by atoms with Crippen LogP contribution in [-0.2, 0) is 22.4 Å². The van der Waals surface area contributed by atoms with Crippen LogP contribution in [0, 0.1) is 11.3 Å². The summed E-state index contributed by atoms with van der Waals surface area (Å²) in [7, 11) is 0. The van der Waals surface area contributed by atoms with Crippen molar-refractivity contribution in [3.8, 4) is 11.8 Å². The van der Waals surface area contributed by atoms with Gasteiger partial charge in [-0.05, 0) is 75.6 Å². The molecule has 0 spiro atoms. The van der Waals surface area contributed by atoms with Crippen LogP contribution in [0.15, 0.2) is 46.9 Å². The van der Waals surface area contributed by atoms with E-state index < -0.39 is 5.92 Å². The summed E-state index contributed by atoms with van der Waals surface area (Å²) in [6.45, 7) is 4.54. The summed E-state index contributed by atoms with van der Waals surface area (Å²) < 4.78 is 11.1. The minimum Gasteiger partial charge on any atom is -0.494 e. The van der Waals surface area contributed by atoms with Crippen molar-refractivity contribution >= 4 is 28.1 Å². The Kier molecular flexibility index (Phi) is 7.57. The predicted molar refractivity (Wildman–Crippen MR) is 147 cm³/mol. The Labute approximate surface area is 227 Å². The molecule has 0 saturated carbocycles. The number of nitriles is 1. The molecule has 2 aliphatic carbocycles. The van der Waals surface area contributed by atoms with Gasteiger partial charge in [-0.3, -0.25) is 9.69 Å². The maximum absolute atomic E-state index is 13.5. The van der Waals surface area contributed by atoms with Crippen LogP contribution in [0.2, 0.25) is 0 Å². The molecular formula is C30H33N3O4S. The normalized spacial score (nSPS) is 19.4. The molecule has 1 aromatic heterocycles. The van der Waals surface area contributed by atoms with E-state index >= 15 is 0 Å². The number of anilines is 1. The molecule has 2 aromatic rings. The van der Waals surface area contributed by atoms with Crippen LogP contribution >= 0.6 is 11.3 Å². The third-order valence-corrected chi connectivity index (χ3v) is 8.80. The van der Waals surface area contributed by atoms with Crippen molar-refractivity contribution in [1.29, 1.82) is 5.26 Å². The van der Waals surface area contributed by atoms with Crippen LogP contribution in [0.5, 0.6) is 5.75 Å². The van der Waals surface area contributed by atoms with Crippen molar-refractivity contribution in [1.82, 2.24) is 0 Å². The number of Topliss-reactive ketones (excluding diaryl/α,β-unsaturated/α-hetero) is 1. The lowest BCUT2D eigenvalue weighted by Crippen LogP contribution is -2.39. The molecule has 0 unspecified atom stereocenters. The van der Waals surface area contributed by atoms with E-state index in [1.165, 1.54) is 4.88 Å². The molecule has 0 bridgehead atoms. The first kappa shape index (κ1) is 26.1. The zero-order valence-electron chi connectivity index (χ0n) is 22.0. The number of aryl methyl sites for hydroxylation is 1. The summed E-state index contributed by atoms with van der Waals surface area (Å²) in [5, 5.41) is 11.0. The van der Waals surface area contributed by atoms with Gasteiger partial charge >= 0.3 is 5.97 Å². The number of rotatable bonds is 6. The fourth-order valence-electron chi connectivity index (χ4n) is 5.87. The number of hydrogen-bond acceptors (Lipinski definition) is 8. The Morgan fingerprint density at radius 2 is 1.84 bits per heavy atom. The lowest BCUT2D eigenvalue weighted by atomic mass is 9.75. The summed E-state index contributed by atoms with van der Waals surface area (Å²) in [5.74, 6) is 0.102. The van der Waals surface area contributed by atoms with Crippen LogP contribution in [0.3, 0.4) is 0 Å². The Morgan fingerprint density at radius 1 is 1.08 bits per heavy atom. The van der Waals surface area contributed by atoms with Gasteiger partial charge in [0.05, 0.1) is 36.3 Å². The molecule has 2 N–H and O–H groups in total. The topological polar surface area (TPSA) is 106 Å². The molecule has 0 saturated heterocycles. The molecule has 2 heterocycles. The molecule has 198 valence electrons. The van der Waals surface area contributed by atoms with Crippen molar-refractivity contribution in [2.75, 3.05) is 18.1 Å². The second-order valence-corrected chi connectivity index (χ2v) is 10.9. The molecule has 1 aliphatic heterocycles. The average Bonchev–Trinajstić information content (AvgIpc) is 3.10. The lowest BCUT2D eigenvalue weighted by molar-refractivity contribution is -0.116. The van der Waals surface area contributed by atoms with Gasteiger partial charge in [-0.1, -0.05) is 18.6 Å². The fraction of sp³-hybridized carbons (Fsp3) is 0.433. The molecule has 0 fully saturated rings. The standard InChI is InChI=1S/C30H33N3O4S/c1-3-36-19-15-13-18(14-16-19)25-21(17-31)28(32)33(22-10-8-11-23(34)27(22)25)29-26(30(35)37-4-2)20-9-6-5-7-12-24(20)38-29/h13-16,25H,3-12,32H2,1-2H3/t25-/m0/s1. The summed E-state index contributed by atoms with van der Waals surface area (Å²) >= 11 is 1.55. The highest BCUT2D eigenvalue weighted by atomic mass is 32.1. The van der Waals surface area contributed by atoms with Crippen LogP contribution in [0.4, 0.5) is 5.00 Å². The number of esters is 1.